The third-order valence-corrected chi connectivity index (χ3v) is 5.73. The Morgan fingerprint density at radius 1 is 1.21 bits per heavy atom. The molecule has 0 saturated carbocycles. The van der Waals surface area contributed by atoms with Crippen molar-refractivity contribution >= 4 is 51.0 Å². The lowest BCUT2D eigenvalue weighted by Crippen LogP contribution is -2.11. The zero-order chi connectivity index (χ0) is 16.8. The van der Waals surface area contributed by atoms with Crippen LogP contribution in [-0.2, 0) is 4.79 Å². The summed E-state index contributed by atoms with van der Waals surface area (Å²) in [5, 5.41) is 10.4. The molecule has 0 aliphatic heterocycles. The second-order valence-corrected chi connectivity index (χ2v) is 8.46. The van der Waals surface area contributed by atoms with E-state index in [1.54, 1.807) is 11.8 Å². The molecular formula is C16H14BrN3O2S2. The van der Waals surface area contributed by atoms with Crippen molar-refractivity contribution in [3.63, 3.8) is 0 Å². The molecule has 0 radical (unpaired) electrons. The van der Waals surface area contributed by atoms with E-state index in [2.05, 4.69) is 43.6 Å². The van der Waals surface area contributed by atoms with Gasteiger partial charge < -0.3 is 4.42 Å². The van der Waals surface area contributed by atoms with E-state index < -0.39 is 0 Å². The summed E-state index contributed by atoms with van der Waals surface area (Å²) in [5.41, 5.74) is 0. The summed E-state index contributed by atoms with van der Waals surface area (Å²) in [6.07, 6.45) is 1.20. The zero-order valence-electron chi connectivity index (χ0n) is 12.6. The largest absolute Gasteiger partial charge is 0.402 e. The molecule has 0 unspecified atom stereocenters. The van der Waals surface area contributed by atoms with Gasteiger partial charge in [0.05, 0.1) is 8.66 Å². The first kappa shape index (κ1) is 17.2. The number of hydrogen-bond acceptors (Lipinski definition) is 6. The molecule has 0 aliphatic carbocycles. The number of benzene rings is 1. The van der Waals surface area contributed by atoms with E-state index in [0.717, 1.165) is 20.8 Å². The van der Waals surface area contributed by atoms with Crippen LogP contribution in [0.25, 0.3) is 10.8 Å². The van der Waals surface area contributed by atoms with Crippen molar-refractivity contribution in [2.75, 3.05) is 11.1 Å². The van der Waals surface area contributed by atoms with E-state index in [1.165, 1.54) is 16.2 Å². The number of hydrogen-bond donors (Lipinski definition) is 1. The Bertz CT molecular complexity index is 805. The topological polar surface area (TPSA) is 68.0 Å². The molecule has 5 nitrogen and oxygen atoms in total. The Morgan fingerprint density at radius 2 is 2.04 bits per heavy atom. The van der Waals surface area contributed by atoms with E-state index in [9.17, 15) is 4.79 Å². The maximum absolute atomic E-state index is 11.9. The first-order chi connectivity index (χ1) is 11.7. The van der Waals surface area contributed by atoms with Gasteiger partial charge in [0.1, 0.15) is 0 Å². The fourth-order valence-electron chi connectivity index (χ4n) is 1.92. The van der Waals surface area contributed by atoms with Crippen molar-refractivity contribution in [1.82, 2.24) is 10.2 Å². The molecular weight excluding hydrogens is 410 g/mol. The van der Waals surface area contributed by atoms with Crippen LogP contribution in [0.15, 0.2) is 55.6 Å². The molecule has 0 spiro atoms. The van der Waals surface area contributed by atoms with Crippen LogP contribution < -0.4 is 5.32 Å². The standard InChI is InChI=1S/C16H14BrN3O2S2/c17-13-9-8-12(24-13)15-19-20-16(22-15)18-14(21)7-4-10-23-11-5-2-1-3-6-11/h1-3,5-6,8-9H,4,7,10H2,(H,18,20,21). The lowest BCUT2D eigenvalue weighted by atomic mass is 10.3. The number of thioether (sulfide) groups is 1. The normalized spacial score (nSPS) is 10.7. The smallest absolute Gasteiger partial charge is 0.322 e. The van der Waals surface area contributed by atoms with Gasteiger partial charge in [0, 0.05) is 11.3 Å². The van der Waals surface area contributed by atoms with Crippen LogP contribution in [0.5, 0.6) is 0 Å². The number of carbonyl (C=O) groups excluding carboxylic acids is 1. The summed E-state index contributed by atoms with van der Waals surface area (Å²) >= 11 is 6.62. The van der Waals surface area contributed by atoms with Gasteiger partial charge in [-0.3, -0.25) is 10.1 Å². The molecule has 2 heterocycles. The molecule has 1 N–H and O–H groups in total. The van der Waals surface area contributed by atoms with Crippen molar-refractivity contribution in [2.45, 2.75) is 17.7 Å². The predicted octanol–water partition coefficient (Wildman–Crippen LogP) is 5.07. The van der Waals surface area contributed by atoms with Crippen LogP contribution in [0.1, 0.15) is 12.8 Å². The van der Waals surface area contributed by atoms with Gasteiger partial charge in [-0.15, -0.1) is 28.2 Å². The minimum Gasteiger partial charge on any atom is -0.402 e. The highest BCUT2D eigenvalue weighted by atomic mass is 79.9. The molecule has 1 aromatic carbocycles. The fourth-order valence-corrected chi connectivity index (χ4v) is 4.11. The Kier molecular flexibility index (Phi) is 6.06. The molecule has 24 heavy (non-hydrogen) atoms. The van der Waals surface area contributed by atoms with Gasteiger partial charge in [-0.25, -0.2) is 0 Å². The Labute approximate surface area is 156 Å². The Morgan fingerprint density at radius 3 is 2.79 bits per heavy atom. The van der Waals surface area contributed by atoms with Gasteiger partial charge in [-0.2, -0.15) is 0 Å². The van der Waals surface area contributed by atoms with E-state index >= 15 is 0 Å². The summed E-state index contributed by atoms with van der Waals surface area (Å²) in [6.45, 7) is 0. The molecule has 0 atom stereocenters. The van der Waals surface area contributed by atoms with Crippen LogP contribution in [0, 0.1) is 0 Å². The average molecular weight is 424 g/mol. The second kappa shape index (κ2) is 8.46. The number of thiophene rings is 1. The van der Waals surface area contributed by atoms with Crippen molar-refractivity contribution < 1.29 is 9.21 Å². The highest BCUT2D eigenvalue weighted by Gasteiger charge is 2.12. The maximum Gasteiger partial charge on any atom is 0.322 e. The maximum atomic E-state index is 11.9. The molecule has 3 aromatic rings. The molecule has 0 fully saturated rings. The van der Waals surface area contributed by atoms with E-state index in [-0.39, 0.29) is 11.9 Å². The first-order valence-electron chi connectivity index (χ1n) is 7.27. The molecule has 1 amide bonds. The van der Waals surface area contributed by atoms with Gasteiger partial charge in [-0.1, -0.05) is 23.3 Å². The van der Waals surface area contributed by atoms with E-state index in [4.69, 9.17) is 4.42 Å². The predicted molar refractivity (Wildman–Crippen MR) is 100 cm³/mol. The average Bonchev–Trinajstić information content (AvgIpc) is 3.21. The van der Waals surface area contributed by atoms with E-state index in [0.29, 0.717) is 12.3 Å². The molecule has 2 aromatic heterocycles. The summed E-state index contributed by atoms with van der Waals surface area (Å²) in [6, 6.07) is 14.1. The third kappa shape index (κ3) is 4.93. The minimum atomic E-state index is -0.119. The number of amides is 1. The molecule has 124 valence electrons. The van der Waals surface area contributed by atoms with Gasteiger partial charge in [0.25, 0.3) is 5.89 Å². The third-order valence-electron chi connectivity index (χ3n) is 3.02. The number of nitrogens with one attached hydrogen (secondary N) is 1. The molecule has 8 heteroatoms. The number of carbonyl (C=O) groups is 1. The molecule has 0 aliphatic rings. The quantitative estimate of drug-likeness (QED) is 0.424. The summed E-state index contributed by atoms with van der Waals surface area (Å²) in [7, 11) is 0. The summed E-state index contributed by atoms with van der Waals surface area (Å²) < 4.78 is 6.44. The number of anilines is 1. The van der Waals surface area contributed by atoms with Crippen LogP contribution in [0.3, 0.4) is 0 Å². The molecule has 3 rings (SSSR count). The second-order valence-electron chi connectivity index (χ2n) is 4.83. The number of rotatable bonds is 7. The first-order valence-corrected chi connectivity index (χ1v) is 9.87. The summed E-state index contributed by atoms with van der Waals surface area (Å²) in [4.78, 5) is 14.0. The lowest BCUT2D eigenvalue weighted by Gasteiger charge is -2.01. The fraction of sp³-hybridized carbons (Fsp3) is 0.188. The van der Waals surface area contributed by atoms with E-state index in [1.807, 2.05) is 30.3 Å². The SMILES string of the molecule is O=C(CCCSc1ccccc1)Nc1nnc(-c2ccc(Br)s2)o1. The molecule has 0 saturated heterocycles. The minimum absolute atomic E-state index is 0.119. The number of halogens is 1. The van der Waals surface area contributed by atoms with Gasteiger partial charge in [0.2, 0.25) is 5.91 Å². The van der Waals surface area contributed by atoms with Gasteiger partial charge >= 0.3 is 6.01 Å². The Hall–Kier alpha value is -1.64. The van der Waals surface area contributed by atoms with Crippen LogP contribution in [0.2, 0.25) is 0 Å². The van der Waals surface area contributed by atoms with Crippen molar-refractivity contribution in [2.24, 2.45) is 0 Å². The van der Waals surface area contributed by atoms with Crippen molar-refractivity contribution in [1.29, 1.82) is 0 Å². The van der Waals surface area contributed by atoms with Crippen LogP contribution in [-0.4, -0.2) is 21.9 Å². The van der Waals surface area contributed by atoms with Crippen molar-refractivity contribution in [3.05, 3.63) is 46.3 Å². The van der Waals surface area contributed by atoms with Gasteiger partial charge in [-0.05, 0) is 52.4 Å². The lowest BCUT2D eigenvalue weighted by molar-refractivity contribution is -0.116. The zero-order valence-corrected chi connectivity index (χ0v) is 15.8. The summed E-state index contributed by atoms with van der Waals surface area (Å²) in [5.74, 6) is 1.17. The van der Waals surface area contributed by atoms with Crippen molar-refractivity contribution in [3.8, 4) is 10.8 Å². The monoisotopic (exact) mass is 423 g/mol. The number of aromatic nitrogens is 2. The van der Waals surface area contributed by atoms with Crippen LogP contribution in [0.4, 0.5) is 6.01 Å². The highest BCUT2D eigenvalue weighted by Crippen LogP contribution is 2.31. The number of nitrogens with zero attached hydrogens (tertiary/aromatic N) is 2. The van der Waals surface area contributed by atoms with Crippen LogP contribution >= 0.6 is 39.0 Å². The Balaban J connectivity index is 1.43. The molecule has 0 bridgehead atoms. The highest BCUT2D eigenvalue weighted by molar-refractivity contribution is 9.11. The van der Waals surface area contributed by atoms with Gasteiger partial charge in [0.15, 0.2) is 0 Å².